The van der Waals surface area contributed by atoms with Crippen LogP contribution >= 0.6 is 0 Å². The summed E-state index contributed by atoms with van der Waals surface area (Å²) in [5.41, 5.74) is 0.580. The van der Waals surface area contributed by atoms with E-state index in [4.69, 9.17) is 4.74 Å². The quantitative estimate of drug-likeness (QED) is 0.861. The fourth-order valence-electron chi connectivity index (χ4n) is 3.10. The number of pyridine rings is 1. The summed E-state index contributed by atoms with van der Waals surface area (Å²) in [6.07, 6.45) is 6.08. The second kappa shape index (κ2) is 8.47. The van der Waals surface area contributed by atoms with Gasteiger partial charge in [-0.05, 0) is 43.5 Å². The summed E-state index contributed by atoms with van der Waals surface area (Å²) in [5, 5.41) is 2.92. The molecule has 2 aromatic rings. The van der Waals surface area contributed by atoms with E-state index in [1.807, 2.05) is 19.1 Å². The van der Waals surface area contributed by atoms with E-state index in [-0.39, 0.29) is 11.8 Å². The Hall–Kier alpha value is -2.89. The van der Waals surface area contributed by atoms with Crippen LogP contribution in [-0.2, 0) is 9.59 Å². The molecule has 1 aliphatic heterocycles. The molecule has 1 fully saturated rings. The van der Waals surface area contributed by atoms with Crippen LogP contribution < -0.4 is 10.1 Å². The number of hydrogen-bond acceptors (Lipinski definition) is 4. The Morgan fingerprint density at radius 2 is 2.12 bits per heavy atom. The fraction of sp³-hybridized carbons (Fsp3) is 0.350. The number of likely N-dealkylation sites (tertiary alicyclic amines) is 1. The Labute approximate surface area is 153 Å². The molecule has 1 aliphatic rings. The second-order valence-corrected chi connectivity index (χ2v) is 6.27. The molecule has 1 aromatic carbocycles. The maximum Gasteiger partial charge on any atom is 0.247 e. The molecule has 3 rings (SSSR count). The van der Waals surface area contributed by atoms with Gasteiger partial charge in [-0.15, -0.1) is 0 Å². The van der Waals surface area contributed by atoms with Crippen molar-refractivity contribution >= 4 is 17.5 Å². The first-order valence-electron chi connectivity index (χ1n) is 8.96. The van der Waals surface area contributed by atoms with E-state index >= 15 is 0 Å². The lowest BCUT2D eigenvalue weighted by Gasteiger charge is -2.24. The normalized spacial score (nSPS) is 16.3. The van der Waals surface area contributed by atoms with E-state index in [0.717, 1.165) is 12.8 Å². The molecule has 0 saturated carbocycles. The molecule has 1 aromatic heterocycles. The number of hydrogen-bond donors (Lipinski definition) is 1. The molecular weight excluding hydrogens is 330 g/mol. The first-order chi connectivity index (χ1) is 12.7. The molecule has 6 nitrogen and oxygen atoms in total. The Balaban J connectivity index is 1.72. The number of para-hydroxylation sites is 2. The van der Waals surface area contributed by atoms with Crippen LogP contribution in [0, 0.1) is 0 Å². The number of nitrogens with one attached hydrogen (secondary N) is 1. The van der Waals surface area contributed by atoms with Crippen molar-refractivity contribution in [3.05, 3.63) is 48.8 Å². The summed E-state index contributed by atoms with van der Waals surface area (Å²) in [5.74, 6) is 1.01. The molecule has 26 heavy (non-hydrogen) atoms. The summed E-state index contributed by atoms with van der Waals surface area (Å²) in [4.78, 5) is 30.7. The third-order valence-electron chi connectivity index (χ3n) is 4.35. The average molecular weight is 353 g/mol. The van der Waals surface area contributed by atoms with Crippen LogP contribution in [0.3, 0.4) is 0 Å². The highest BCUT2D eigenvalue weighted by atomic mass is 16.5. The minimum Gasteiger partial charge on any atom is -0.454 e. The van der Waals surface area contributed by atoms with Gasteiger partial charge in [0.1, 0.15) is 11.8 Å². The van der Waals surface area contributed by atoms with Gasteiger partial charge in [0, 0.05) is 19.2 Å². The third kappa shape index (κ3) is 4.20. The zero-order valence-electron chi connectivity index (χ0n) is 14.9. The predicted octanol–water partition coefficient (Wildman–Crippen LogP) is 3.60. The summed E-state index contributed by atoms with van der Waals surface area (Å²) >= 11 is 0. The molecule has 6 heteroatoms. The Bertz CT molecular complexity index is 764. The highest BCUT2D eigenvalue weighted by Crippen LogP contribution is 2.30. The molecule has 2 amide bonds. The first kappa shape index (κ1) is 17.9. The van der Waals surface area contributed by atoms with Gasteiger partial charge in [0.25, 0.3) is 0 Å². The molecule has 1 atom stereocenters. The first-order valence-corrected chi connectivity index (χ1v) is 8.96. The second-order valence-electron chi connectivity index (χ2n) is 6.27. The van der Waals surface area contributed by atoms with E-state index in [0.29, 0.717) is 36.6 Å². The highest BCUT2D eigenvalue weighted by Gasteiger charge is 2.33. The van der Waals surface area contributed by atoms with Crippen LogP contribution in [0.5, 0.6) is 11.5 Å². The summed E-state index contributed by atoms with van der Waals surface area (Å²) < 4.78 is 5.83. The van der Waals surface area contributed by atoms with Crippen molar-refractivity contribution in [3.8, 4) is 11.5 Å². The van der Waals surface area contributed by atoms with E-state index in [1.54, 1.807) is 41.6 Å². The predicted molar refractivity (Wildman–Crippen MR) is 99.0 cm³/mol. The van der Waals surface area contributed by atoms with Crippen molar-refractivity contribution in [2.45, 2.75) is 38.6 Å². The molecule has 1 N–H and O–H groups in total. The molecule has 1 saturated heterocycles. The van der Waals surface area contributed by atoms with Gasteiger partial charge in [-0.1, -0.05) is 19.1 Å². The van der Waals surface area contributed by atoms with Crippen LogP contribution in [0.15, 0.2) is 48.8 Å². The van der Waals surface area contributed by atoms with Crippen LogP contribution in [0.2, 0.25) is 0 Å². The van der Waals surface area contributed by atoms with Crippen molar-refractivity contribution in [1.82, 2.24) is 9.88 Å². The van der Waals surface area contributed by atoms with Crippen molar-refractivity contribution in [1.29, 1.82) is 0 Å². The zero-order valence-corrected chi connectivity index (χ0v) is 14.9. The summed E-state index contributed by atoms with van der Waals surface area (Å²) in [6, 6.07) is 10.4. The Kier molecular flexibility index (Phi) is 5.84. The zero-order chi connectivity index (χ0) is 18.4. The van der Waals surface area contributed by atoms with Gasteiger partial charge >= 0.3 is 0 Å². The molecule has 0 radical (unpaired) electrons. The molecule has 136 valence electrons. The lowest BCUT2D eigenvalue weighted by Crippen LogP contribution is -2.43. The van der Waals surface area contributed by atoms with Gasteiger partial charge in [0.15, 0.2) is 5.75 Å². The van der Waals surface area contributed by atoms with Crippen molar-refractivity contribution < 1.29 is 14.3 Å². The van der Waals surface area contributed by atoms with Crippen LogP contribution in [-0.4, -0.2) is 34.3 Å². The fourth-order valence-corrected chi connectivity index (χ4v) is 3.10. The largest absolute Gasteiger partial charge is 0.454 e. The summed E-state index contributed by atoms with van der Waals surface area (Å²) in [6.45, 7) is 2.61. The molecule has 0 spiro atoms. The Morgan fingerprint density at radius 1 is 1.27 bits per heavy atom. The van der Waals surface area contributed by atoms with Crippen molar-refractivity contribution in [2.24, 2.45) is 0 Å². The minimum atomic E-state index is -0.416. The number of nitrogens with zero attached hydrogens (tertiary/aromatic N) is 2. The van der Waals surface area contributed by atoms with Gasteiger partial charge in [0.05, 0.1) is 11.9 Å². The van der Waals surface area contributed by atoms with Crippen molar-refractivity contribution in [2.75, 3.05) is 11.9 Å². The van der Waals surface area contributed by atoms with E-state index < -0.39 is 6.04 Å². The van der Waals surface area contributed by atoms with E-state index in [1.165, 1.54) is 0 Å². The number of carbonyl (C=O) groups excluding carboxylic acids is 2. The molecular formula is C20H23N3O3. The number of amides is 2. The Morgan fingerprint density at radius 3 is 2.88 bits per heavy atom. The number of ether oxygens (including phenoxy) is 1. The maximum absolute atomic E-state index is 12.8. The standard InChI is InChI=1S/C20H23N3O3/c1-2-7-19(24)23-13-6-10-17(23)20(25)22-16-9-3-4-11-18(16)26-15-8-5-12-21-14-15/h3-5,8-9,11-12,14,17H,2,6-7,10,13H2,1H3,(H,22,25). The van der Waals surface area contributed by atoms with Crippen LogP contribution in [0.1, 0.15) is 32.6 Å². The lowest BCUT2D eigenvalue weighted by molar-refractivity contribution is -0.136. The number of anilines is 1. The molecule has 0 bridgehead atoms. The van der Waals surface area contributed by atoms with Gasteiger partial charge in [-0.3, -0.25) is 14.6 Å². The SMILES string of the molecule is CCCC(=O)N1CCCC1C(=O)Nc1ccccc1Oc1cccnc1. The number of aromatic nitrogens is 1. The monoisotopic (exact) mass is 353 g/mol. The molecule has 0 aliphatic carbocycles. The van der Waals surface area contributed by atoms with Crippen LogP contribution in [0.25, 0.3) is 0 Å². The maximum atomic E-state index is 12.8. The smallest absolute Gasteiger partial charge is 0.247 e. The topological polar surface area (TPSA) is 71.5 Å². The van der Waals surface area contributed by atoms with E-state index in [2.05, 4.69) is 10.3 Å². The van der Waals surface area contributed by atoms with Gasteiger partial charge in [-0.2, -0.15) is 0 Å². The molecule has 1 unspecified atom stereocenters. The van der Waals surface area contributed by atoms with Gasteiger partial charge in [-0.25, -0.2) is 0 Å². The number of benzene rings is 1. The van der Waals surface area contributed by atoms with E-state index in [9.17, 15) is 9.59 Å². The average Bonchev–Trinajstić information content (AvgIpc) is 3.14. The summed E-state index contributed by atoms with van der Waals surface area (Å²) in [7, 11) is 0. The van der Waals surface area contributed by atoms with Gasteiger partial charge in [0.2, 0.25) is 11.8 Å². The van der Waals surface area contributed by atoms with Gasteiger partial charge < -0.3 is 15.0 Å². The highest BCUT2D eigenvalue weighted by molar-refractivity contribution is 5.98. The number of carbonyl (C=O) groups is 2. The van der Waals surface area contributed by atoms with Crippen LogP contribution in [0.4, 0.5) is 5.69 Å². The molecule has 2 heterocycles. The minimum absolute atomic E-state index is 0.0463. The number of rotatable bonds is 6. The third-order valence-corrected chi connectivity index (χ3v) is 4.35. The lowest BCUT2D eigenvalue weighted by atomic mass is 10.2. The van der Waals surface area contributed by atoms with Crippen molar-refractivity contribution in [3.63, 3.8) is 0 Å².